The van der Waals surface area contributed by atoms with E-state index in [9.17, 15) is 13.6 Å². The fourth-order valence-electron chi connectivity index (χ4n) is 2.75. The Kier molecular flexibility index (Phi) is 5.02. The summed E-state index contributed by atoms with van der Waals surface area (Å²) in [6.45, 7) is -2.38. The Labute approximate surface area is 143 Å². The van der Waals surface area contributed by atoms with E-state index < -0.39 is 6.61 Å². The van der Waals surface area contributed by atoms with Gasteiger partial charge in [-0.2, -0.15) is 8.78 Å². The number of aliphatic imine (C=N–C) groups is 1. The largest absolute Gasteiger partial charge is 0.435 e. The predicted molar refractivity (Wildman–Crippen MR) is 88.8 cm³/mol. The molecule has 0 saturated heterocycles. The highest BCUT2D eigenvalue weighted by molar-refractivity contribution is 6.00. The highest BCUT2D eigenvalue weighted by atomic mass is 19.3. The topological polar surface area (TPSA) is 77.6 Å². The van der Waals surface area contributed by atoms with Crippen LogP contribution in [0.1, 0.15) is 28.8 Å². The molecule has 1 aromatic heterocycles. The molecule has 2 heterocycles. The number of carbonyl (C=O) groups is 1. The minimum Gasteiger partial charge on any atom is -0.435 e. The highest BCUT2D eigenvalue weighted by Crippen LogP contribution is 2.22. The Morgan fingerprint density at radius 1 is 1.32 bits per heavy atom. The maximum absolute atomic E-state index is 12.4. The average molecular weight is 345 g/mol. The minimum absolute atomic E-state index is 0.0220. The minimum atomic E-state index is -2.89. The molecule has 7 heteroatoms. The number of hydrogen-bond donors (Lipinski definition) is 1. The van der Waals surface area contributed by atoms with Crippen LogP contribution in [-0.2, 0) is 24.2 Å². The molecular weight excluding hydrogens is 328 g/mol. The number of ketones is 1. The lowest BCUT2D eigenvalue weighted by atomic mass is 10.0. The number of nitrogens with two attached hydrogens (primary N) is 1. The monoisotopic (exact) mass is 345 g/mol. The van der Waals surface area contributed by atoms with E-state index in [-0.39, 0.29) is 24.4 Å². The molecule has 130 valence electrons. The smallest absolute Gasteiger partial charge is 0.387 e. The number of para-hydroxylation sites is 1. The lowest BCUT2D eigenvalue weighted by Gasteiger charge is -2.10. The van der Waals surface area contributed by atoms with Gasteiger partial charge in [0, 0.05) is 30.3 Å². The third kappa shape index (κ3) is 4.17. The van der Waals surface area contributed by atoms with E-state index >= 15 is 0 Å². The summed E-state index contributed by atoms with van der Waals surface area (Å²) in [7, 11) is 0. The van der Waals surface area contributed by atoms with Crippen molar-refractivity contribution < 1.29 is 18.3 Å². The van der Waals surface area contributed by atoms with Crippen LogP contribution in [0, 0.1) is 0 Å². The molecule has 1 aromatic carbocycles. The van der Waals surface area contributed by atoms with Crippen LogP contribution in [0.25, 0.3) is 0 Å². The number of ether oxygens (including phenoxy) is 1. The van der Waals surface area contributed by atoms with E-state index in [1.54, 1.807) is 24.4 Å². The molecule has 0 amide bonds. The van der Waals surface area contributed by atoms with Crippen molar-refractivity contribution in [1.82, 2.24) is 4.98 Å². The molecule has 1 aliphatic rings. The second-order valence-corrected chi connectivity index (χ2v) is 5.74. The summed E-state index contributed by atoms with van der Waals surface area (Å²) in [5.41, 5.74) is 8.75. The molecular formula is C18H17F2N3O2. The van der Waals surface area contributed by atoms with Gasteiger partial charge in [-0.25, -0.2) is 0 Å². The zero-order chi connectivity index (χ0) is 17.8. The number of Topliss-reactive ketones (excluding diaryl/α,β-unsaturated/α-hetero) is 1. The average Bonchev–Trinajstić information content (AvgIpc) is 2.94. The molecule has 25 heavy (non-hydrogen) atoms. The van der Waals surface area contributed by atoms with Gasteiger partial charge in [-0.3, -0.25) is 14.8 Å². The van der Waals surface area contributed by atoms with Gasteiger partial charge in [0.1, 0.15) is 17.4 Å². The van der Waals surface area contributed by atoms with Gasteiger partial charge in [0.05, 0.1) is 6.54 Å². The maximum atomic E-state index is 12.4. The van der Waals surface area contributed by atoms with E-state index in [2.05, 4.69) is 14.7 Å². The van der Waals surface area contributed by atoms with Crippen molar-refractivity contribution in [2.45, 2.75) is 32.4 Å². The van der Waals surface area contributed by atoms with Gasteiger partial charge in [0.15, 0.2) is 0 Å². The molecule has 5 nitrogen and oxygen atoms in total. The number of benzene rings is 1. The van der Waals surface area contributed by atoms with Crippen molar-refractivity contribution in [2.75, 3.05) is 0 Å². The first-order chi connectivity index (χ1) is 12.0. The zero-order valence-electron chi connectivity index (χ0n) is 13.4. The molecule has 2 N–H and O–H groups in total. The number of carbonyl (C=O) groups excluding carboxylic acids is 1. The van der Waals surface area contributed by atoms with Crippen LogP contribution < -0.4 is 10.5 Å². The van der Waals surface area contributed by atoms with E-state index in [1.165, 1.54) is 6.07 Å². The Hall–Kier alpha value is -2.83. The second kappa shape index (κ2) is 7.38. The first-order valence-electron chi connectivity index (χ1n) is 7.85. The quantitative estimate of drug-likeness (QED) is 0.837. The Morgan fingerprint density at radius 2 is 2.12 bits per heavy atom. The summed E-state index contributed by atoms with van der Waals surface area (Å²) < 4.78 is 29.3. The lowest BCUT2D eigenvalue weighted by molar-refractivity contribution is -0.118. The Balaban J connectivity index is 1.59. The fraction of sp³-hybridized carbons (Fsp3) is 0.278. The molecule has 0 atom stereocenters. The van der Waals surface area contributed by atoms with Gasteiger partial charge >= 0.3 is 6.61 Å². The number of aromatic nitrogens is 1. The fourth-order valence-corrected chi connectivity index (χ4v) is 2.75. The van der Waals surface area contributed by atoms with Gasteiger partial charge in [0.2, 0.25) is 0 Å². The number of amidine groups is 1. The molecule has 1 aliphatic heterocycles. The Morgan fingerprint density at radius 3 is 2.92 bits per heavy atom. The summed E-state index contributed by atoms with van der Waals surface area (Å²) >= 11 is 0. The number of rotatable bonds is 7. The van der Waals surface area contributed by atoms with Crippen molar-refractivity contribution in [3.8, 4) is 5.75 Å². The Bertz CT molecular complexity index is 822. The van der Waals surface area contributed by atoms with E-state index in [0.29, 0.717) is 30.1 Å². The molecule has 0 radical (unpaired) electrons. The van der Waals surface area contributed by atoms with Gasteiger partial charge in [-0.05, 0) is 29.7 Å². The summed E-state index contributed by atoms with van der Waals surface area (Å²) in [6.07, 6.45) is 2.38. The van der Waals surface area contributed by atoms with Crippen LogP contribution in [0.2, 0.25) is 0 Å². The SMILES string of the molecule is NC1=NCc2cc(CC(=O)CCc3ccccc3OC(F)F)ncc21. The second-order valence-electron chi connectivity index (χ2n) is 5.74. The molecule has 0 fully saturated rings. The standard InChI is InChI=1S/C18H17F2N3O2/c19-18(20)25-16-4-2-1-3-11(16)5-6-14(24)8-13-7-12-9-23-17(21)15(12)10-22-13/h1-4,7,10,18H,5-6,8-9H2,(H2,21,23). The van der Waals surface area contributed by atoms with Crippen LogP contribution in [0.4, 0.5) is 8.78 Å². The third-order valence-corrected chi connectivity index (χ3v) is 3.98. The van der Waals surface area contributed by atoms with Crippen molar-refractivity contribution in [1.29, 1.82) is 0 Å². The van der Waals surface area contributed by atoms with Crippen molar-refractivity contribution in [3.05, 3.63) is 58.9 Å². The van der Waals surface area contributed by atoms with Crippen molar-refractivity contribution in [3.63, 3.8) is 0 Å². The molecule has 2 aromatic rings. The predicted octanol–water partition coefficient (Wildman–Crippen LogP) is 2.65. The van der Waals surface area contributed by atoms with E-state index in [4.69, 9.17) is 5.73 Å². The number of hydrogen-bond acceptors (Lipinski definition) is 5. The van der Waals surface area contributed by atoms with Crippen LogP contribution in [-0.4, -0.2) is 23.2 Å². The number of nitrogens with zero attached hydrogens (tertiary/aromatic N) is 2. The van der Waals surface area contributed by atoms with Crippen LogP contribution in [0.15, 0.2) is 41.5 Å². The molecule has 0 unspecified atom stereocenters. The number of aryl methyl sites for hydroxylation is 1. The number of pyridine rings is 1. The number of alkyl halides is 2. The lowest BCUT2D eigenvalue weighted by Crippen LogP contribution is -2.12. The molecule has 0 aliphatic carbocycles. The first kappa shape index (κ1) is 17.0. The van der Waals surface area contributed by atoms with Crippen molar-refractivity contribution in [2.24, 2.45) is 10.7 Å². The molecule has 3 rings (SSSR count). The number of halogens is 2. The van der Waals surface area contributed by atoms with E-state index in [0.717, 1.165) is 11.1 Å². The van der Waals surface area contributed by atoms with Crippen LogP contribution >= 0.6 is 0 Å². The normalized spacial score (nSPS) is 12.8. The van der Waals surface area contributed by atoms with Crippen LogP contribution in [0.3, 0.4) is 0 Å². The third-order valence-electron chi connectivity index (χ3n) is 3.98. The molecule has 0 saturated carbocycles. The van der Waals surface area contributed by atoms with Gasteiger partial charge < -0.3 is 10.5 Å². The van der Waals surface area contributed by atoms with Crippen LogP contribution in [0.5, 0.6) is 5.75 Å². The maximum Gasteiger partial charge on any atom is 0.387 e. The summed E-state index contributed by atoms with van der Waals surface area (Å²) in [5, 5.41) is 0. The van der Waals surface area contributed by atoms with Gasteiger partial charge in [0.25, 0.3) is 0 Å². The molecule has 0 spiro atoms. The van der Waals surface area contributed by atoms with Gasteiger partial charge in [-0.1, -0.05) is 18.2 Å². The first-order valence-corrected chi connectivity index (χ1v) is 7.85. The summed E-state index contributed by atoms with van der Waals surface area (Å²) in [6, 6.07) is 8.33. The highest BCUT2D eigenvalue weighted by Gasteiger charge is 2.16. The van der Waals surface area contributed by atoms with Gasteiger partial charge in [-0.15, -0.1) is 0 Å². The molecule has 0 bridgehead atoms. The summed E-state index contributed by atoms with van der Waals surface area (Å²) in [4.78, 5) is 20.6. The zero-order valence-corrected chi connectivity index (χ0v) is 13.4. The summed E-state index contributed by atoms with van der Waals surface area (Å²) in [5.74, 6) is 0.552. The van der Waals surface area contributed by atoms with E-state index in [1.807, 2.05) is 6.07 Å². The number of fused-ring (bicyclic) bond motifs is 1. The van der Waals surface area contributed by atoms with Crippen molar-refractivity contribution >= 4 is 11.6 Å².